The van der Waals surface area contributed by atoms with Crippen LogP contribution in [0.15, 0.2) is 57.5 Å². The van der Waals surface area contributed by atoms with Gasteiger partial charge in [0.05, 0.1) is 5.69 Å². The SMILES string of the molecule is CC1(C)CC(=Nc2ccccc2)C=CC1(N=C=O)N=C=O. The number of hydrogen-bond donors (Lipinski definition) is 0. The third-order valence-electron chi connectivity index (χ3n) is 3.59. The molecule has 0 fully saturated rings. The van der Waals surface area contributed by atoms with Crippen LogP contribution in [0.2, 0.25) is 0 Å². The van der Waals surface area contributed by atoms with Crippen LogP contribution in [0, 0.1) is 5.41 Å². The molecule has 1 aliphatic rings. The summed E-state index contributed by atoms with van der Waals surface area (Å²) in [6.45, 7) is 3.75. The van der Waals surface area contributed by atoms with E-state index in [9.17, 15) is 9.59 Å². The second-order valence-electron chi connectivity index (χ2n) is 5.47. The van der Waals surface area contributed by atoms with Crippen LogP contribution in [0.4, 0.5) is 5.69 Å². The van der Waals surface area contributed by atoms with E-state index in [0.29, 0.717) is 6.42 Å². The Morgan fingerprint density at radius 1 is 1.05 bits per heavy atom. The number of nitrogens with zero attached hydrogens (tertiary/aromatic N) is 3. The van der Waals surface area contributed by atoms with Crippen LogP contribution in [-0.4, -0.2) is 23.5 Å². The number of para-hydroxylation sites is 1. The number of rotatable bonds is 3. The summed E-state index contributed by atoms with van der Waals surface area (Å²) in [6.07, 6.45) is 6.85. The maximum atomic E-state index is 10.7. The van der Waals surface area contributed by atoms with Gasteiger partial charge in [0.2, 0.25) is 12.2 Å². The van der Waals surface area contributed by atoms with E-state index in [1.54, 1.807) is 12.2 Å². The van der Waals surface area contributed by atoms with Gasteiger partial charge in [0.25, 0.3) is 0 Å². The molecule has 1 aliphatic carbocycles. The summed E-state index contributed by atoms with van der Waals surface area (Å²) in [5, 5.41) is 0. The molecule has 5 heteroatoms. The van der Waals surface area contributed by atoms with Crippen molar-refractivity contribution in [2.24, 2.45) is 20.4 Å². The largest absolute Gasteiger partial charge is 0.253 e. The molecule has 0 bridgehead atoms. The zero-order valence-electron chi connectivity index (χ0n) is 11.9. The molecule has 0 unspecified atom stereocenters. The number of benzene rings is 1. The smallest absolute Gasteiger partial charge is 0.237 e. The molecule has 5 nitrogen and oxygen atoms in total. The summed E-state index contributed by atoms with van der Waals surface area (Å²) in [5.41, 5.74) is -0.154. The van der Waals surface area contributed by atoms with Gasteiger partial charge in [0.15, 0.2) is 5.66 Å². The molecule has 0 saturated heterocycles. The Labute approximate surface area is 122 Å². The molecule has 0 N–H and O–H groups in total. The lowest BCUT2D eigenvalue weighted by Gasteiger charge is -2.39. The molecule has 0 aliphatic heterocycles. The van der Waals surface area contributed by atoms with Gasteiger partial charge in [-0.15, -0.1) is 0 Å². The minimum atomic E-state index is -1.26. The molecule has 106 valence electrons. The minimum Gasteiger partial charge on any atom is -0.253 e. The third-order valence-corrected chi connectivity index (χ3v) is 3.59. The maximum absolute atomic E-state index is 10.7. The van der Waals surface area contributed by atoms with E-state index in [4.69, 9.17) is 0 Å². The molecule has 0 aromatic heterocycles. The molecule has 21 heavy (non-hydrogen) atoms. The number of isocyanates is 2. The average Bonchev–Trinajstić information content (AvgIpc) is 2.44. The number of hydrogen-bond acceptors (Lipinski definition) is 5. The zero-order valence-corrected chi connectivity index (χ0v) is 11.9. The van der Waals surface area contributed by atoms with Crippen LogP contribution < -0.4 is 0 Å². The van der Waals surface area contributed by atoms with E-state index < -0.39 is 11.1 Å². The van der Waals surface area contributed by atoms with Crippen LogP contribution in [0.3, 0.4) is 0 Å². The Hall–Kier alpha value is -2.61. The van der Waals surface area contributed by atoms with Crippen molar-refractivity contribution in [1.29, 1.82) is 0 Å². The minimum absolute atomic E-state index is 0.523. The fourth-order valence-electron chi connectivity index (χ4n) is 2.37. The third kappa shape index (κ3) is 2.95. The van der Waals surface area contributed by atoms with Gasteiger partial charge < -0.3 is 0 Å². The molecular formula is C16H15N3O2. The second-order valence-corrected chi connectivity index (χ2v) is 5.47. The van der Waals surface area contributed by atoms with E-state index >= 15 is 0 Å². The van der Waals surface area contributed by atoms with Gasteiger partial charge in [-0.1, -0.05) is 32.0 Å². The first-order valence-electron chi connectivity index (χ1n) is 6.53. The molecule has 2 rings (SSSR count). The zero-order chi connectivity index (χ0) is 15.3. The number of allylic oxidation sites excluding steroid dienone is 1. The summed E-state index contributed by atoms with van der Waals surface area (Å²) < 4.78 is 0. The molecule has 0 radical (unpaired) electrons. The normalized spacial score (nSPS) is 25.0. The lowest BCUT2D eigenvalue weighted by atomic mass is 9.71. The van der Waals surface area contributed by atoms with Crippen molar-refractivity contribution < 1.29 is 9.59 Å². The maximum Gasteiger partial charge on any atom is 0.237 e. The first-order chi connectivity index (χ1) is 10.0. The topological polar surface area (TPSA) is 71.2 Å². The Bertz CT molecular complexity index is 659. The van der Waals surface area contributed by atoms with Gasteiger partial charge in [-0.3, -0.25) is 4.99 Å². The lowest BCUT2D eigenvalue weighted by molar-refractivity contribution is 0.229. The van der Waals surface area contributed by atoms with Crippen LogP contribution >= 0.6 is 0 Å². The Morgan fingerprint density at radius 3 is 2.19 bits per heavy atom. The van der Waals surface area contributed by atoms with E-state index in [-0.39, 0.29) is 0 Å². The van der Waals surface area contributed by atoms with Crippen molar-refractivity contribution >= 4 is 23.6 Å². The molecule has 1 aromatic rings. The molecular weight excluding hydrogens is 266 g/mol. The van der Waals surface area contributed by atoms with Crippen LogP contribution in [0.25, 0.3) is 0 Å². The summed E-state index contributed by atoms with van der Waals surface area (Å²) in [6, 6.07) is 9.56. The van der Waals surface area contributed by atoms with Crippen molar-refractivity contribution in [1.82, 2.24) is 0 Å². The van der Waals surface area contributed by atoms with Crippen molar-refractivity contribution in [2.75, 3.05) is 0 Å². The fourth-order valence-corrected chi connectivity index (χ4v) is 2.37. The Balaban J connectivity index is 2.46. The van der Waals surface area contributed by atoms with Crippen LogP contribution in [0.1, 0.15) is 20.3 Å². The summed E-state index contributed by atoms with van der Waals surface area (Å²) >= 11 is 0. The van der Waals surface area contributed by atoms with Crippen LogP contribution in [0.5, 0.6) is 0 Å². The molecule has 0 heterocycles. The molecule has 1 aromatic carbocycles. The van der Waals surface area contributed by atoms with Crippen molar-refractivity contribution in [3.05, 3.63) is 42.5 Å². The standard InChI is InChI=1S/C16H15N3O2/c1-15(2)10-14(19-13-6-4-3-5-7-13)8-9-16(15,17-11-20)18-12-21/h3-9H,10H2,1-2H3. The molecule has 0 spiro atoms. The predicted octanol–water partition coefficient (Wildman–Crippen LogP) is 3.11. The van der Waals surface area contributed by atoms with Crippen molar-refractivity contribution in [3.8, 4) is 0 Å². The fraction of sp³-hybridized carbons (Fsp3) is 0.312. The van der Waals surface area contributed by atoms with Gasteiger partial charge in [-0.2, -0.15) is 9.98 Å². The number of carbonyl (C=O) groups excluding carboxylic acids is 2. The van der Waals surface area contributed by atoms with E-state index in [2.05, 4.69) is 15.0 Å². The van der Waals surface area contributed by atoms with E-state index in [0.717, 1.165) is 11.4 Å². The van der Waals surface area contributed by atoms with Crippen LogP contribution in [-0.2, 0) is 9.59 Å². The highest BCUT2D eigenvalue weighted by Gasteiger charge is 2.46. The van der Waals surface area contributed by atoms with Gasteiger partial charge >= 0.3 is 0 Å². The van der Waals surface area contributed by atoms with Gasteiger partial charge in [0, 0.05) is 11.1 Å². The first kappa shape index (κ1) is 14.8. The highest BCUT2D eigenvalue weighted by Crippen LogP contribution is 2.43. The summed E-state index contributed by atoms with van der Waals surface area (Å²) in [4.78, 5) is 33.3. The predicted molar refractivity (Wildman–Crippen MR) is 80.0 cm³/mol. The van der Waals surface area contributed by atoms with Crippen molar-refractivity contribution in [2.45, 2.75) is 25.9 Å². The average molecular weight is 281 g/mol. The highest BCUT2D eigenvalue weighted by atomic mass is 16.1. The van der Waals surface area contributed by atoms with Gasteiger partial charge in [0.1, 0.15) is 0 Å². The van der Waals surface area contributed by atoms with Gasteiger partial charge in [-0.25, -0.2) is 9.59 Å². The van der Waals surface area contributed by atoms with Gasteiger partial charge in [-0.05, 0) is 30.7 Å². The van der Waals surface area contributed by atoms with E-state index in [1.165, 1.54) is 12.2 Å². The molecule has 0 saturated carbocycles. The second kappa shape index (κ2) is 5.80. The van der Waals surface area contributed by atoms with E-state index in [1.807, 2.05) is 44.2 Å². The Morgan fingerprint density at radius 2 is 1.67 bits per heavy atom. The van der Waals surface area contributed by atoms with Crippen molar-refractivity contribution in [3.63, 3.8) is 0 Å². The molecule has 0 atom stereocenters. The Kier molecular flexibility index (Phi) is 4.08. The quantitative estimate of drug-likeness (QED) is 0.630. The highest BCUT2D eigenvalue weighted by molar-refractivity contribution is 5.98. The molecule has 0 amide bonds. The summed E-state index contributed by atoms with van der Waals surface area (Å²) in [5.74, 6) is 0. The monoisotopic (exact) mass is 281 g/mol. The number of aliphatic imine (C=N–C) groups is 3. The first-order valence-corrected chi connectivity index (χ1v) is 6.53. The lowest BCUT2D eigenvalue weighted by Crippen LogP contribution is -2.43. The summed E-state index contributed by atoms with van der Waals surface area (Å²) in [7, 11) is 0.